The highest BCUT2D eigenvalue weighted by Gasteiger charge is 2.36. The van der Waals surface area contributed by atoms with Crippen molar-refractivity contribution in [3.63, 3.8) is 0 Å². The van der Waals surface area contributed by atoms with Crippen molar-refractivity contribution in [2.24, 2.45) is 0 Å². The van der Waals surface area contributed by atoms with Crippen LogP contribution in [-0.2, 0) is 9.47 Å². The van der Waals surface area contributed by atoms with Gasteiger partial charge in [0, 0.05) is 73.8 Å². The fourth-order valence-electron chi connectivity index (χ4n) is 4.79. The zero-order valence-corrected chi connectivity index (χ0v) is 22.0. The number of nitrogens with two attached hydrogens (primary N) is 1. The van der Waals surface area contributed by atoms with Crippen molar-refractivity contribution in [2.45, 2.75) is 19.1 Å². The molecule has 0 saturated carbocycles. The number of ether oxygens (including phenoxy) is 3. The van der Waals surface area contributed by atoms with Gasteiger partial charge >= 0.3 is 0 Å². The van der Waals surface area contributed by atoms with E-state index in [1.54, 1.807) is 30.3 Å². The van der Waals surface area contributed by atoms with Gasteiger partial charge in [-0.05, 0) is 25.1 Å². The largest absolute Gasteiger partial charge is 0.488 e. The second-order valence-electron chi connectivity index (χ2n) is 9.78. The predicted octanol–water partition coefficient (Wildman–Crippen LogP) is 3.05. The summed E-state index contributed by atoms with van der Waals surface area (Å²) in [5.74, 6) is -0.534. The maximum Gasteiger partial charge on any atom is 0.253 e. The van der Waals surface area contributed by atoms with Gasteiger partial charge in [0.05, 0.1) is 19.3 Å². The summed E-state index contributed by atoms with van der Waals surface area (Å²) in [6.07, 6.45) is 0.224. The van der Waals surface area contributed by atoms with Gasteiger partial charge in [0.15, 0.2) is 17.3 Å². The van der Waals surface area contributed by atoms with Gasteiger partial charge in [-0.15, -0.1) is 0 Å². The number of benzene rings is 2. The van der Waals surface area contributed by atoms with Gasteiger partial charge in [-0.3, -0.25) is 15.1 Å². The number of hydrogen-bond acceptors (Lipinski definition) is 9. The third-order valence-electron chi connectivity index (χ3n) is 7.04. The Morgan fingerprint density at radius 3 is 2.67 bits per heavy atom. The van der Waals surface area contributed by atoms with E-state index in [-0.39, 0.29) is 47.1 Å². The lowest BCUT2D eigenvalue weighted by molar-refractivity contribution is -0.0596. The summed E-state index contributed by atoms with van der Waals surface area (Å²) in [6.45, 7) is 6.51. The second-order valence-corrected chi connectivity index (χ2v) is 9.78. The second kappa shape index (κ2) is 11.5. The lowest BCUT2D eigenvalue weighted by Gasteiger charge is -2.47. The highest BCUT2D eigenvalue weighted by Crippen LogP contribution is 2.28. The summed E-state index contributed by atoms with van der Waals surface area (Å²) in [5.41, 5.74) is 8.10. The molecule has 0 bridgehead atoms. The minimum Gasteiger partial charge on any atom is -0.488 e. The van der Waals surface area contributed by atoms with Gasteiger partial charge in [0.1, 0.15) is 18.0 Å². The molecule has 0 spiro atoms. The van der Waals surface area contributed by atoms with Crippen LogP contribution in [0.15, 0.2) is 47.0 Å². The first-order valence-electron chi connectivity index (χ1n) is 12.9. The maximum absolute atomic E-state index is 14.5. The van der Waals surface area contributed by atoms with Crippen molar-refractivity contribution >= 4 is 17.3 Å². The molecule has 39 heavy (non-hydrogen) atoms. The number of aromatic nitrogens is 1. The molecule has 0 radical (unpaired) electrons. The summed E-state index contributed by atoms with van der Waals surface area (Å²) in [6, 6.07) is 11.5. The molecule has 5 rings (SSSR count). The summed E-state index contributed by atoms with van der Waals surface area (Å²) < 4.78 is 35.7. The molecule has 2 aliphatic rings. The standard InChI is InChI=1S/C28H32FN5O5/c1-17-14-33(7-8-37-17)20-15-34(16-20)28(35)19-5-3-18(4-6-19)24-13-26(39-32-24)27(31)21-11-22(29)25(12-23(21)30)38-10-9-36-2/h3-6,11-13,17,20,31H,7-10,14-16,30H2,1-2H3/t17-/m1/s1. The number of likely N-dealkylation sites (tertiary alicyclic amines) is 1. The molecular weight excluding hydrogens is 505 g/mol. The van der Waals surface area contributed by atoms with Crippen LogP contribution in [-0.4, -0.2) is 91.8 Å². The number of nitrogen functional groups attached to an aromatic ring is 1. The maximum atomic E-state index is 14.5. The summed E-state index contributed by atoms with van der Waals surface area (Å²) in [7, 11) is 1.52. The molecule has 1 aromatic heterocycles. The van der Waals surface area contributed by atoms with Gasteiger partial charge < -0.3 is 29.4 Å². The molecule has 2 aliphatic heterocycles. The number of halogens is 1. The number of nitrogens with one attached hydrogen (secondary N) is 1. The fourth-order valence-corrected chi connectivity index (χ4v) is 4.79. The molecule has 206 valence electrons. The fraction of sp³-hybridized carbons (Fsp3) is 0.393. The highest BCUT2D eigenvalue weighted by molar-refractivity contribution is 6.12. The first-order valence-corrected chi connectivity index (χ1v) is 12.9. The Hall–Kier alpha value is -3.80. The van der Waals surface area contributed by atoms with E-state index in [0.29, 0.717) is 37.0 Å². The molecule has 3 heterocycles. The normalized spacial score (nSPS) is 18.1. The predicted molar refractivity (Wildman–Crippen MR) is 143 cm³/mol. The molecule has 2 aromatic carbocycles. The smallest absolute Gasteiger partial charge is 0.253 e. The molecule has 3 N–H and O–H groups in total. The van der Waals surface area contributed by atoms with Crippen LogP contribution >= 0.6 is 0 Å². The first kappa shape index (κ1) is 26.8. The van der Waals surface area contributed by atoms with Crippen molar-refractivity contribution in [1.29, 1.82) is 5.41 Å². The lowest BCUT2D eigenvalue weighted by Crippen LogP contribution is -2.63. The van der Waals surface area contributed by atoms with Crippen LogP contribution in [0.5, 0.6) is 5.75 Å². The van der Waals surface area contributed by atoms with E-state index in [4.69, 9.17) is 29.9 Å². The minimum atomic E-state index is -0.645. The Morgan fingerprint density at radius 2 is 1.95 bits per heavy atom. The van der Waals surface area contributed by atoms with E-state index >= 15 is 0 Å². The van der Waals surface area contributed by atoms with Crippen LogP contribution in [0.3, 0.4) is 0 Å². The number of anilines is 1. The van der Waals surface area contributed by atoms with Crippen molar-refractivity contribution in [1.82, 2.24) is 15.0 Å². The number of hydrogen-bond donors (Lipinski definition) is 2. The Bertz CT molecular complexity index is 1340. The van der Waals surface area contributed by atoms with Crippen LogP contribution in [0.1, 0.15) is 28.6 Å². The van der Waals surface area contributed by atoms with E-state index in [1.165, 1.54) is 13.2 Å². The van der Waals surface area contributed by atoms with Gasteiger partial charge in [-0.2, -0.15) is 0 Å². The van der Waals surface area contributed by atoms with Gasteiger partial charge in [-0.1, -0.05) is 17.3 Å². The van der Waals surface area contributed by atoms with Gasteiger partial charge in [0.2, 0.25) is 0 Å². The van der Waals surface area contributed by atoms with Gasteiger partial charge in [0.25, 0.3) is 5.91 Å². The third-order valence-corrected chi connectivity index (χ3v) is 7.04. The van der Waals surface area contributed by atoms with Crippen molar-refractivity contribution in [2.75, 3.05) is 58.8 Å². The SMILES string of the molecule is COCCOc1cc(N)c(C(=N)c2cc(-c3ccc(C(=O)N4CC(N5CCO[C@H](C)C5)C4)cc3)no2)cc1F. The lowest BCUT2D eigenvalue weighted by atomic mass is 10.0. The average molecular weight is 538 g/mol. The number of amides is 1. The van der Waals surface area contributed by atoms with E-state index in [0.717, 1.165) is 31.3 Å². The number of rotatable bonds is 9. The monoisotopic (exact) mass is 537 g/mol. The summed E-state index contributed by atoms with van der Waals surface area (Å²) in [5, 5.41) is 12.5. The Labute approximate surface area is 225 Å². The van der Waals surface area contributed by atoms with E-state index in [2.05, 4.69) is 17.0 Å². The first-order chi connectivity index (χ1) is 18.8. The third kappa shape index (κ3) is 5.80. The molecule has 1 amide bonds. The van der Waals surface area contributed by atoms with E-state index < -0.39 is 5.82 Å². The molecular formula is C28H32FN5O5. The molecule has 3 aromatic rings. The van der Waals surface area contributed by atoms with Crippen molar-refractivity contribution in [3.8, 4) is 17.0 Å². The molecule has 0 aliphatic carbocycles. The zero-order chi connectivity index (χ0) is 27.5. The minimum absolute atomic E-state index is 0.00567. The molecule has 2 saturated heterocycles. The average Bonchev–Trinajstić information content (AvgIpc) is 3.40. The summed E-state index contributed by atoms with van der Waals surface area (Å²) in [4.78, 5) is 17.2. The number of carbonyl (C=O) groups excluding carboxylic acids is 1. The van der Waals surface area contributed by atoms with Crippen LogP contribution in [0.4, 0.5) is 10.1 Å². The number of morpholine rings is 1. The van der Waals surface area contributed by atoms with Crippen molar-refractivity contribution < 1.29 is 27.9 Å². The highest BCUT2D eigenvalue weighted by atomic mass is 19.1. The zero-order valence-electron chi connectivity index (χ0n) is 22.0. The topological polar surface area (TPSA) is 127 Å². The Balaban J connectivity index is 1.21. The van der Waals surface area contributed by atoms with E-state index in [9.17, 15) is 9.18 Å². The van der Waals surface area contributed by atoms with Crippen molar-refractivity contribution in [3.05, 3.63) is 65.2 Å². The van der Waals surface area contributed by atoms with Crippen LogP contribution < -0.4 is 10.5 Å². The number of carbonyl (C=O) groups is 1. The number of methoxy groups -OCH3 is 1. The Morgan fingerprint density at radius 1 is 1.18 bits per heavy atom. The molecule has 0 unspecified atom stereocenters. The summed E-state index contributed by atoms with van der Waals surface area (Å²) >= 11 is 0. The molecule has 10 nitrogen and oxygen atoms in total. The van der Waals surface area contributed by atoms with Crippen LogP contribution in [0.25, 0.3) is 11.3 Å². The van der Waals surface area contributed by atoms with Gasteiger partial charge in [-0.25, -0.2) is 4.39 Å². The van der Waals surface area contributed by atoms with E-state index in [1.807, 2.05) is 4.90 Å². The van der Waals surface area contributed by atoms with Crippen LogP contribution in [0, 0.1) is 11.2 Å². The number of nitrogens with zero attached hydrogens (tertiary/aromatic N) is 3. The molecule has 1 atom stereocenters. The quantitative estimate of drug-likeness (QED) is 0.242. The molecule has 11 heteroatoms. The Kier molecular flexibility index (Phi) is 7.92. The van der Waals surface area contributed by atoms with Crippen LogP contribution in [0.2, 0.25) is 0 Å². The molecule has 2 fully saturated rings.